The molecular weight excluding hydrogens is 262 g/mol. The molecule has 0 amide bonds. The molecular formula is C18H25NO2. The highest BCUT2D eigenvalue weighted by Gasteiger charge is 2.40. The highest BCUT2D eigenvalue weighted by atomic mass is 16.5. The van der Waals surface area contributed by atoms with E-state index in [1.807, 2.05) is 0 Å². The normalized spacial score (nSPS) is 29.4. The minimum atomic E-state index is 0.153. The number of nitrogens with zero attached hydrogens (tertiary/aromatic N) is 1. The highest BCUT2D eigenvalue weighted by Crippen LogP contribution is 2.33. The van der Waals surface area contributed by atoms with E-state index in [0.717, 1.165) is 42.7 Å². The lowest BCUT2D eigenvalue weighted by molar-refractivity contribution is -0.0702. The molecule has 1 aromatic carbocycles. The number of Topliss-reactive ketones (excluding diaryl/α,β-unsaturated/α-hetero) is 1. The predicted molar refractivity (Wildman–Crippen MR) is 83.9 cm³/mol. The van der Waals surface area contributed by atoms with E-state index in [1.165, 1.54) is 5.56 Å². The standard InChI is InChI=1S/C18H25NO2/c1-11-5-12(2)17(13(3)6-11)18(20)14-7-15-9-21-10-16(8-14)19(15)4/h5-6,14-16H,7-10H2,1-4H3. The fraction of sp³-hybridized carbons (Fsp3) is 0.611. The largest absolute Gasteiger partial charge is 0.378 e. The smallest absolute Gasteiger partial charge is 0.166 e. The molecule has 2 unspecified atom stereocenters. The maximum Gasteiger partial charge on any atom is 0.166 e. The molecule has 2 bridgehead atoms. The van der Waals surface area contributed by atoms with Gasteiger partial charge in [-0.25, -0.2) is 0 Å². The van der Waals surface area contributed by atoms with Crippen molar-refractivity contribution in [1.29, 1.82) is 0 Å². The Morgan fingerprint density at radius 2 is 1.62 bits per heavy atom. The number of benzene rings is 1. The van der Waals surface area contributed by atoms with E-state index in [1.54, 1.807) is 0 Å². The molecule has 3 rings (SSSR count). The van der Waals surface area contributed by atoms with Crippen molar-refractivity contribution in [2.75, 3.05) is 20.3 Å². The number of piperidine rings is 1. The van der Waals surface area contributed by atoms with Crippen LogP contribution < -0.4 is 0 Å². The van der Waals surface area contributed by atoms with Crippen LogP contribution in [0.2, 0.25) is 0 Å². The molecule has 0 saturated carbocycles. The summed E-state index contributed by atoms with van der Waals surface area (Å²) in [5, 5.41) is 0. The van der Waals surface area contributed by atoms with Gasteiger partial charge in [-0.2, -0.15) is 0 Å². The lowest BCUT2D eigenvalue weighted by Crippen LogP contribution is -2.55. The van der Waals surface area contributed by atoms with E-state index in [0.29, 0.717) is 17.9 Å². The number of ether oxygens (including phenoxy) is 1. The van der Waals surface area contributed by atoms with E-state index in [4.69, 9.17) is 4.74 Å². The quantitative estimate of drug-likeness (QED) is 0.783. The average molecular weight is 287 g/mol. The van der Waals surface area contributed by atoms with Crippen molar-refractivity contribution in [2.24, 2.45) is 5.92 Å². The van der Waals surface area contributed by atoms with Crippen LogP contribution in [0.1, 0.15) is 39.9 Å². The first-order valence-corrected chi connectivity index (χ1v) is 7.89. The van der Waals surface area contributed by atoms with Crippen LogP contribution in [0.25, 0.3) is 0 Å². The first-order valence-electron chi connectivity index (χ1n) is 7.89. The van der Waals surface area contributed by atoms with Crippen LogP contribution >= 0.6 is 0 Å². The van der Waals surface area contributed by atoms with Crippen molar-refractivity contribution >= 4 is 5.78 Å². The Hall–Kier alpha value is -1.19. The van der Waals surface area contributed by atoms with Gasteiger partial charge in [0, 0.05) is 23.6 Å². The Balaban J connectivity index is 1.86. The Labute approximate surface area is 127 Å². The summed E-state index contributed by atoms with van der Waals surface area (Å²) < 4.78 is 5.65. The fourth-order valence-corrected chi connectivity index (χ4v) is 4.08. The van der Waals surface area contributed by atoms with Crippen molar-refractivity contribution < 1.29 is 9.53 Å². The highest BCUT2D eigenvalue weighted by molar-refractivity contribution is 6.00. The van der Waals surface area contributed by atoms with Crippen LogP contribution in [0, 0.1) is 26.7 Å². The van der Waals surface area contributed by atoms with Gasteiger partial charge in [0.05, 0.1) is 13.2 Å². The summed E-state index contributed by atoms with van der Waals surface area (Å²) in [6, 6.07) is 5.05. The van der Waals surface area contributed by atoms with Crippen molar-refractivity contribution in [3.8, 4) is 0 Å². The topological polar surface area (TPSA) is 29.5 Å². The van der Waals surface area contributed by atoms with E-state index in [2.05, 4.69) is 44.9 Å². The van der Waals surface area contributed by atoms with Gasteiger partial charge in [-0.05, 0) is 51.8 Å². The molecule has 2 aliphatic rings. The first kappa shape index (κ1) is 14.7. The van der Waals surface area contributed by atoms with Gasteiger partial charge in [0.25, 0.3) is 0 Å². The average Bonchev–Trinajstić information content (AvgIpc) is 2.36. The van der Waals surface area contributed by atoms with Crippen LogP contribution in [0.4, 0.5) is 0 Å². The minimum absolute atomic E-state index is 0.153. The van der Waals surface area contributed by atoms with Crippen LogP contribution in [-0.4, -0.2) is 43.0 Å². The Morgan fingerprint density at radius 1 is 1.10 bits per heavy atom. The Bertz CT molecular complexity index is 529. The molecule has 21 heavy (non-hydrogen) atoms. The predicted octanol–water partition coefficient (Wildman–Crippen LogP) is 2.90. The molecule has 3 heteroatoms. The number of likely N-dealkylation sites (N-methyl/N-ethyl adjacent to an activating group) is 1. The van der Waals surface area contributed by atoms with Crippen LogP contribution in [-0.2, 0) is 4.74 Å². The zero-order valence-corrected chi connectivity index (χ0v) is 13.5. The number of ketones is 1. The fourth-order valence-electron chi connectivity index (χ4n) is 4.08. The number of rotatable bonds is 2. The molecule has 3 nitrogen and oxygen atoms in total. The second-order valence-corrected chi connectivity index (χ2v) is 6.82. The molecule has 2 atom stereocenters. The minimum Gasteiger partial charge on any atom is -0.378 e. The van der Waals surface area contributed by atoms with E-state index >= 15 is 0 Å². The Morgan fingerprint density at radius 3 is 2.14 bits per heavy atom. The SMILES string of the molecule is Cc1cc(C)c(C(=O)C2CC3COCC(C2)N3C)c(C)c1. The van der Waals surface area contributed by atoms with Crippen LogP contribution in [0.3, 0.4) is 0 Å². The summed E-state index contributed by atoms with van der Waals surface area (Å²) in [6.07, 6.45) is 1.86. The van der Waals surface area contributed by atoms with Crippen LogP contribution in [0.5, 0.6) is 0 Å². The number of morpholine rings is 1. The van der Waals surface area contributed by atoms with Gasteiger partial charge in [0.2, 0.25) is 0 Å². The Kier molecular flexibility index (Phi) is 3.89. The zero-order chi connectivity index (χ0) is 15.1. The number of hydrogen-bond donors (Lipinski definition) is 0. The number of carbonyl (C=O) groups excluding carboxylic acids is 1. The van der Waals surface area contributed by atoms with Crippen LogP contribution in [0.15, 0.2) is 12.1 Å². The lowest BCUT2D eigenvalue weighted by atomic mass is 9.79. The summed E-state index contributed by atoms with van der Waals surface area (Å²) >= 11 is 0. The van der Waals surface area contributed by atoms with E-state index in [-0.39, 0.29) is 5.92 Å². The third-order valence-corrected chi connectivity index (χ3v) is 5.18. The summed E-state index contributed by atoms with van der Waals surface area (Å²) in [5.41, 5.74) is 4.43. The van der Waals surface area contributed by atoms with Gasteiger partial charge in [0.15, 0.2) is 5.78 Å². The van der Waals surface area contributed by atoms with Gasteiger partial charge >= 0.3 is 0 Å². The van der Waals surface area contributed by atoms with Gasteiger partial charge in [0.1, 0.15) is 0 Å². The lowest BCUT2D eigenvalue weighted by Gasteiger charge is -2.46. The molecule has 0 spiro atoms. The number of aryl methyl sites for hydroxylation is 3. The number of fused-ring (bicyclic) bond motifs is 2. The zero-order valence-electron chi connectivity index (χ0n) is 13.5. The molecule has 2 aliphatic heterocycles. The van der Waals surface area contributed by atoms with Crippen molar-refractivity contribution in [2.45, 2.75) is 45.7 Å². The molecule has 2 heterocycles. The van der Waals surface area contributed by atoms with Crippen molar-refractivity contribution in [3.05, 3.63) is 34.4 Å². The van der Waals surface area contributed by atoms with Gasteiger partial charge < -0.3 is 4.74 Å². The molecule has 1 aromatic rings. The third-order valence-electron chi connectivity index (χ3n) is 5.18. The molecule has 0 aliphatic carbocycles. The summed E-state index contributed by atoms with van der Waals surface area (Å²) in [4.78, 5) is 15.4. The van der Waals surface area contributed by atoms with Gasteiger partial charge in [-0.1, -0.05) is 17.7 Å². The molecule has 114 valence electrons. The van der Waals surface area contributed by atoms with Gasteiger partial charge in [-0.3, -0.25) is 9.69 Å². The van der Waals surface area contributed by atoms with E-state index in [9.17, 15) is 4.79 Å². The maximum absolute atomic E-state index is 13.0. The van der Waals surface area contributed by atoms with Crippen molar-refractivity contribution in [1.82, 2.24) is 4.90 Å². The third kappa shape index (κ3) is 2.65. The molecule has 2 saturated heterocycles. The number of carbonyl (C=O) groups is 1. The van der Waals surface area contributed by atoms with Crippen molar-refractivity contribution in [3.63, 3.8) is 0 Å². The second kappa shape index (κ2) is 5.54. The maximum atomic E-state index is 13.0. The molecule has 0 aromatic heterocycles. The summed E-state index contributed by atoms with van der Waals surface area (Å²) in [7, 11) is 2.17. The molecule has 0 radical (unpaired) electrons. The summed E-state index contributed by atoms with van der Waals surface area (Å²) in [5.74, 6) is 0.496. The molecule has 2 fully saturated rings. The molecule has 0 N–H and O–H groups in total. The first-order chi connectivity index (χ1) is 9.97. The summed E-state index contributed by atoms with van der Waals surface area (Å²) in [6.45, 7) is 7.75. The number of hydrogen-bond acceptors (Lipinski definition) is 3. The monoisotopic (exact) mass is 287 g/mol. The second-order valence-electron chi connectivity index (χ2n) is 6.82. The van der Waals surface area contributed by atoms with E-state index < -0.39 is 0 Å². The van der Waals surface area contributed by atoms with Gasteiger partial charge in [-0.15, -0.1) is 0 Å².